The van der Waals surface area contributed by atoms with Crippen LogP contribution >= 0.6 is 0 Å². The van der Waals surface area contributed by atoms with Crippen molar-refractivity contribution >= 4 is 12.0 Å². The molecule has 3 atom stereocenters. The molecule has 1 rings (SSSR count). The Bertz CT molecular complexity index is 333. The lowest BCUT2D eigenvalue weighted by molar-refractivity contribution is -0.138. The van der Waals surface area contributed by atoms with Gasteiger partial charge in [-0.2, -0.15) is 0 Å². The number of likely N-dealkylation sites (tertiary alicyclic amines) is 1. The van der Waals surface area contributed by atoms with Crippen molar-refractivity contribution < 1.29 is 19.8 Å². The maximum absolute atomic E-state index is 12.3. The Kier molecular flexibility index (Phi) is 5.60. The van der Waals surface area contributed by atoms with Crippen molar-refractivity contribution in [2.75, 3.05) is 19.6 Å². The highest BCUT2D eigenvalue weighted by Crippen LogP contribution is 2.21. The summed E-state index contributed by atoms with van der Waals surface area (Å²) in [6, 6.07) is -0.444. The summed E-state index contributed by atoms with van der Waals surface area (Å²) in [4.78, 5) is 26.4. The first-order valence-electron chi connectivity index (χ1n) is 6.82. The monoisotopic (exact) mass is 272 g/mol. The van der Waals surface area contributed by atoms with Gasteiger partial charge in [-0.15, -0.1) is 0 Å². The number of carbonyl (C=O) groups excluding carboxylic acids is 1. The summed E-state index contributed by atoms with van der Waals surface area (Å²) in [5.41, 5.74) is 0. The minimum absolute atomic E-state index is 0.0484. The van der Waals surface area contributed by atoms with Crippen LogP contribution in [0.4, 0.5) is 4.79 Å². The molecule has 1 aliphatic heterocycles. The summed E-state index contributed by atoms with van der Waals surface area (Å²) in [6.07, 6.45) is 0.339. The van der Waals surface area contributed by atoms with Crippen molar-refractivity contribution in [1.29, 1.82) is 0 Å². The number of aliphatic carboxylic acids is 1. The first-order valence-corrected chi connectivity index (χ1v) is 6.82. The number of hydrogen-bond acceptors (Lipinski definition) is 3. The summed E-state index contributed by atoms with van der Waals surface area (Å²) >= 11 is 0. The van der Waals surface area contributed by atoms with Crippen molar-refractivity contribution in [3.8, 4) is 0 Å². The second-order valence-electron chi connectivity index (χ2n) is 5.25. The highest BCUT2D eigenvalue weighted by molar-refractivity contribution is 5.76. The Hall–Kier alpha value is -1.30. The summed E-state index contributed by atoms with van der Waals surface area (Å²) < 4.78 is 0. The van der Waals surface area contributed by atoms with Crippen LogP contribution in [0.3, 0.4) is 0 Å². The normalized spacial score (nSPS) is 22.1. The molecule has 19 heavy (non-hydrogen) atoms. The minimum atomic E-state index is -0.901. The Morgan fingerprint density at radius 1 is 1.42 bits per heavy atom. The van der Waals surface area contributed by atoms with Crippen molar-refractivity contribution in [2.24, 2.45) is 5.92 Å². The van der Waals surface area contributed by atoms with E-state index in [1.807, 2.05) is 6.92 Å². The molecule has 1 aliphatic rings. The van der Waals surface area contributed by atoms with Gasteiger partial charge in [-0.1, -0.05) is 0 Å². The Balaban J connectivity index is 2.62. The van der Waals surface area contributed by atoms with Crippen LogP contribution in [0.25, 0.3) is 0 Å². The zero-order valence-corrected chi connectivity index (χ0v) is 11.9. The molecule has 6 heteroatoms. The third-order valence-corrected chi connectivity index (χ3v) is 3.77. The topological polar surface area (TPSA) is 81.1 Å². The van der Waals surface area contributed by atoms with E-state index in [2.05, 4.69) is 0 Å². The summed E-state index contributed by atoms with van der Waals surface area (Å²) in [5, 5.41) is 18.4. The number of rotatable bonds is 5. The minimum Gasteiger partial charge on any atom is -0.481 e. The van der Waals surface area contributed by atoms with E-state index >= 15 is 0 Å². The van der Waals surface area contributed by atoms with Gasteiger partial charge in [0.05, 0.1) is 12.5 Å². The van der Waals surface area contributed by atoms with E-state index in [1.165, 1.54) is 0 Å². The largest absolute Gasteiger partial charge is 0.481 e. The number of aliphatic hydroxyl groups is 1. The van der Waals surface area contributed by atoms with Crippen molar-refractivity contribution in [1.82, 2.24) is 9.80 Å². The standard InChI is InChI=1S/C13H24N2O4/c1-4-15(9(2)7-12(17)18)13(19)14-6-5-11(8-14)10(3)16/h9-11,16H,4-8H2,1-3H3,(H,17,18). The predicted molar refractivity (Wildman–Crippen MR) is 70.9 cm³/mol. The summed E-state index contributed by atoms with van der Waals surface area (Å²) in [6.45, 7) is 7.00. The number of carbonyl (C=O) groups is 2. The van der Waals surface area contributed by atoms with E-state index in [4.69, 9.17) is 5.11 Å². The molecule has 2 N–H and O–H groups in total. The number of carboxylic acids is 1. The van der Waals surface area contributed by atoms with E-state index in [0.717, 1.165) is 6.42 Å². The number of hydrogen-bond donors (Lipinski definition) is 2. The fraction of sp³-hybridized carbons (Fsp3) is 0.846. The van der Waals surface area contributed by atoms with Crippen LogP contribution in [0.15, 0.2) is 0 Å². The Morgan fingerprint density at radius 2 is 2.05 bits per heavy atom. The molecule has 0 saturated carbocycles. The molecule has 110 valence electrons. The second-order valence-corrected chi connectivity index (χ2v) is 5.25. The van der Waals surface area contributed by atoms with Gasteiger partial charge >= 0.3 is 12.0 Å². The first-order chi connectivity index (χ1) is 8.86. The molecule has 3 unspecified atom stereocenters. The van der Waals surface area contributed by atoms with Gasteiger partial charge in [0.15, 0.2) is 0 Å². The van der Waals surface area contributed by atoms with E-state index in [1.54, 1.807) is 23.6 Å². The van der Waals surface area contributed by atoms with Gasteiger partial charge in [-0.25, -0.2) is 4.79 Å². The molecule has 0 bridgehead atoms. The quantitative estimate of drug-likeness (QED) is 0.782. The van der Waals surface area contributed by atoms with E-state index < -0.39 is 12.1 Å². The third kappa shape index (κ3) is 4.09. The zero-order valence-electron chi connectivity index (χ0n) is 11.9. The number of aliphatic hydroxyl groups excluding tert-OH is 1. The molecule has 6 nitrogen and oxygen atoms in total. The smallest absolute Gasteiger partial charge is 0.320 e. The summed E-state index contributed by atoms with van der Waals surface area (Å²) in [5.74, 6) is -0.778. The van der Waals surface area contributed by atoms with E-state index in [-0.39, 0.29) is 24.4 Å². The van der Waals surface area contributed by atoms with Crippen molar-refractivity contribution in [3.63, 3.8) is 0 Å². The lowest BCUT2D eigenvalue weighted by Crippen LogP contribution is -2.47. The molecule has 1 heterocycles. The molecule has 1 fully saturated rings. The van der Waals surface area contributed by atoms with Crippen LogP contribution in [0.2, 0.25) is 0 Å². The Labute approximate surface area is 114 Å². The molecular weight excluding hydrogens is 248 g/mol. The van der Waals surface area contributed by atoms with Gasteiger partial charge in [-0.05, 0) is 27.2 Å². The van der Waals surface area contributed by atoms with Crippen LogP contribution in [-0.2, 0) is 4.79 Å². The van der Waals surface area contributed by atoms with Gasteiger partial charge in [0.1, 0.15) is 0 Å². The maximum Gasteiger partial charge on any atom is 0.320 e. The highest BCUT2D eigenvalue weighted by Gasteiger charge is 2.32. The SMILES string of the molecule is CCN(C(=O)N1CCC(C(C)O)C1)C(C)CC(=O)O. The molecule has 0 spiro atoms. The first kappa shape index (κ1) is 15.8. The molecule has 1 saturated heterocycles. The molecule has 0 aliphatic carbocycles. The van der Waals surface area contributed by atoms with Gasteiger partial charge in [0, 0.05) is 31.6 Å². The van der Waals surface area contributed by atoms with Gasteiger partial charge in [0.25, 0.3) is 0 Å². The average Bonchev–Trinajstić information content (AvgIpc) is 2.77. The van der Waals surface area contributed by atoms with E-state index in [0.29, 0.717) is 19.6 Å². The molecule has 0 aromatic carbocycles. The van der Waals surface area contributed by atoms with Crippen LogP contribution < -0.4 is 0 Å². The Morgan fingerprint density at radius 3 is 2.47 bits per heavy atom. The number of urea groups is 1. The van der Waals surface area contributed by atoms with Crippen LogP contribution in [0.1, 0.15) is 33.6 Å². The number of carboxylic acid groups (broad SMARTS) is 1. The summed E-state index contributed by atoms with van der Waals surface area (Å²) in [7, 11) is 0. The van der Waals surface area contributed by atoms with Crippen LogP contribution in [0.5, 0.6) is 0 Å². The molecule has 0 radical (unpaired) electrons. The average molecular weight is 272 g/mol. The van der Waals surface area contributed by atoms with Crippen molar-refractivity contribution in [2.45, 2.75) is 45.8 Å². The maximum atomic E-state index is 12.3. The second kappa shape index (κ2) is 6.75. The lowest BCUT2D eigenvalue weighted by Gasteiger charge is -2.31. The number of nitrogens with zero attached hydrogens (tertiary/aromatic N) is 2. The fourth-order valence-electron chi connectivity index (χ4n) is 2.53. The van der Waals surface area contributed by atoms with E-state index in [9.17, 15) is 14.7 Å². The van der Waals surface area contributed by atoms with Crippen molar-refractivity contribution in [3.05, 3.63) is 0 Å². The van der Waals surface area contributed by atoms with Crippen LogP contribution in [0, 0.1) is 5.92 Å². The predicted octanol–water partition coefficient (Wildman–Crippen LogP) is 0.994. The van der Waals surface area contributed by atoms with Gasteiger partial charge in [-0.3, -0.25) is 4.79 Å². The molecule has 2 amide bonds. The van der Waals surface area contributed by atoms with Crippen LogP contribution in [-0.4, -0.2) is 63.8 Å². The fourth-order valence-corrected chi connectivity index (χ4v) is 2.53. The third-order valence-electron chi connectivity index (χ3n) is 3.77. The van der Waals surface area contributed by atoms with Gasteiger partial charge in [0.2, 0.25) is 0 Å². The zero-order chi connectivity index (χ0) is 14.6. The lowest BCUT2D eigenvalue weighted by atomic mass is 10.0. The van der Waals surface area contributed by atoms with Gasteiger partial charge < -0.3 is 20.0 Å². The number of amides is 2. The molecular formula is C13H24N2O4. The highest BCUT2D eigenvalue weighted by atomic mass is 16.4. The molecule has 0 aromatic rings. The molecule has 0 aromatic heterocycles.